The molecule has 3 aliphatic heterocycles. The summed E-state index contributed by atoms with van der Waals surface area (Å²) in [4.78, 5) is 40.6. The van der Waals surface area contributed by atoms with Crippen LogP contribution in [0.1, 0.15) is 40.7 Å². The Bertz CT molecular complexity index is 811. The molecule has 3 atom stereocenters. The molecule has 2 saturated heterocycles. The molecule has 3 aliphatic rings. The number of amides is 3. The Labute approximate surface area is 163 Å². The molecule has 4 rings (SSSR count). The zero-order valence-electron chi connectivity index (χ0n) is 15.8. The summed E-state index contributed by atoms with van der Waals surface area (Å²) in [6.07, 6.45) is 1.43. The number of carbonyl (C=O) groups excluding carboxylic acids is 3. The summed E-state index contributed by atoms with van der Waals surface area (Å²) in [5.41, 5.74) is 8.59. The molecule has 150 valence electrons. The molecular weight excluding hydrogens is 360 g/mol. The Kier molecular flexibility index (Phi) is 5.18. The second-order valence-corrected chi connectivity index (χ2v) is 7.98. The molecule has 8 heteroatoms. The van der Waals surface area contributed by atoms with Gasteiger partial charge in [0.2, 0.25) is 11.8 Å². The Morgan fingerprint density at radius 1 is 1.21 bits per heavy atom. The van der Waals surface area contributed by atoms with E-state index in [0.717, 1.165) is 24.1 Å². The Balaban J connectivity index is 1.52. The van der Waals surface area contributed by atoms with Gasteiger partial charge in [0.25, 0.3) is 5.91 Å². The quantitative estimate of drug-likeness (QED) is 0.606. The predicted molar refractivity (Wildman–Crippen MR) is 101 cm³/mol. The van der Waals surface area contributed by atoms with Gasteiger partial charge < -0.3 is 15.7 Å². The van der Waals surface area contributed by atoms with Gasteiger partial charge in [-0.05, 0) is 30.5 Å². The minimum atomic E-state index is -0.600. The highest BCUT2D eigenvalue weighted by Gasteiger charge is 2.40. The number of hydrogen-bond donors (Lipinski definition) is 3. The fourth-order valence-electron chi connectivity index (χ4n) is 4.53. The summed E-state index contributed by atoms with van der Waals surface area (Å²) < 4.78 is 0. The van der Waals surface area contributed by atoms with Crippen molar-refractivity contribution in [2.45, 2.75) is 44.4 Å². The standard InChI is InChI=1S/C20H26N4O4/c21-15-6-7-23(9-14(15)11-25)8-12-2-1-3-13-10-24(20(28)18(12)13)16-4-5-17(26)22-19(16)27/h1-3,14-16,25H,4-11,21H2,(H,22,26,27)/t14-,15+,16?/m0/s1. The van der Waals surface area contributed by atoms with Crippen LogP contribution >= 0.6 is 0 Å². The predicted octanol–water partition coefficient (Wildman–Crippen LogP) is -0.411. The highest BCUT2D eigenvalue weighted by Crippen LogP contribution is 2.31. The number of benzene rings is 1. The van der Waals surface area contributed by atoms with Crippen LogP contribution < -0.4 is 11.1 Å². The van der Waals surface area contributed by atoms with Crippen LogP contribution in [0.4, 0.5) is 0 Å². The minimum Gasteiger partial charge on any atom is -0.396 e. The topological polar surface area (TPSA) is 116 Å². The van der Waals surface area contributed by atoms with E-state index in [-0.39, 0.29) is 36.8 Å². The molecule has 0 bridgehead atoms. The normalized spacial score (nSPS) is 28.4. The van der Waals surface area contributed by atoms with Crippen molar-refractivity contribution < 1.29 is 19.5 Å². The number of hydrogen-bond acceptors (Lipinski definition) is 6. The van der Waals surface area contributed by atoms with Crippen LogP contribution in [0.3, 0.4) is 0 Å². The van der Waals surface area contributed by atoms with Crippen molar-refractivity contribution in [3.8, 4) is 0 Å². The van der Waals surface area contributed by atoms with E-state index in [1.165, 1.54) is 0 Å². The number of piperidine rings is 2. The lowest BCUT2D eigenvalue weighted by atomic mass is 9.93. The third-order valence-corrected chi connectivity index (χ3v) is 6.14. The summed E-state index contributed by atoms with van der Waals surface area (Å²) in [5.74, 6) is -0.781. The first-order chi connectivity index (χ1) is 13.5. The van der Waals surface area contributed by atoms with Crippen LogP contribution in [0.2, 0.25) is 0 Å². The fourth-order valence-corrected chi connectivity index (χ4v) is 4.53. The maximum atomic E-state index is 13.1. The van der Waals surface area contributed by atoms with Crippen LogP contribution in [0.15, 0.2) is 18.2 Å². The number of nitrogens with two attached hydrogens (primary N) is 1. The average Bonchev–Trinajstić information content (AvgIpc) is 3.01. The van der Waals surface area contributed by atoms with Crippen molar-refractivity contribution in [1.82, 2.24) is 15.1 Å². The zero-order chi connectivity index (χ0) is 19.8. The van der Waals surface area contributed by atoms with E-state index in [0.29, 0.717) is 31.6 Å². The molecule has 28 heavy (non-hydrogen) atoms. The van der Waals surface area contributed by atoms with E-state index in [1.54, 1.807) is 4.90 Å². The van der Waals surface area contributed by atoms with Gasteiger partial charge in [-0.1, -0.05) is 18.2 Å². The highest BCUT2D eigenvalue weighted by molar-refractivity contribution is 6.05. The zero-order valence-corrected chi connectivity index (χ0v) is 15.8. The molecular formula is C20H26N4O4. The van der Waals surface area contributed by atoms with Crippen LogP contribution in [0, 0.1) is 5.92 Å². The summed E-state index contributed by atoms with van der Waals surface area (Å²) in [7, 11) is 0. The first-order valence-electron chi connectivity index (χ1n) is 9.82. The molecule has 0 spiro atoms. The number of aliphatic hydroxyl groups is 1. The van der Waals surface area contributed by atoms with Gasteiger partial charge in [0.05, 0.1) is 0 Å². The molecule has 0 aromatic heterocycles. The average molecular weight is 386 g/mol. The lowest BCUT2D eigenvalue weighted by Gasteiger charge is -2.36. The van der Waals surface area contributed by atoms with Crippen LogP contribution in [-0.4, -0.2) is 64.4 Å². The number of likely N-dealkylation sites (tertiary alicyclic amines) is 1. The molecule has 0 aliphatic carbocycles. The second kappa shape index (κ2) is 7.62. The second-order valence-electron chi connectivity index (χ2n) is 7.98. The van der Waals surface area contributed by atoms with E-state index in [9.17, 15) is 19.5 Å². The van der Waals surface area contributed by atoms with Crippen molar-refractivity contribution in [1.29, 1.82) is 0 Å². The van der Waals surface area contributed by atoms with E-state index in [1.807, 2.05) is 18.2 Å². The van der Waals surface area contributed by atoms with E-state index < -0.39 is 11.9 Å². The van der Waals surface area contributed by atoms with Gasteiger partial charge in [0, 0.05) is 50.2 Å². The van der Waals surface area contributed by atoms with Gasteiger partial charge >= 0.3 is 0 Å². The molecule has 0 saturated carbocycles. The summed E-state index contributed by atoms with van der Waals surface area (Å²) >= 11 is 0. The summed E-state index contributed by atoms with van der Waals surface area (Å²) in [6.45, 7) is 2.59. The molecule has 2 fully saturated rings. The van der Waals surface area contributed by atoms with E-state index in [2.05, 4.69) is 10.2 Å². The van der Waals surface area contributed by atoms with Crippen molar-refractivity contribution in [3.05, 3.63) is 34.9 Å². The highest BCUT2D eigenvalue weighted by atomic mass is 16.3. The van der Waals surface area contributed by atoms with Crippen molar-refractivity contribution in [3.63, 3.8) is 0 Å². The van der Waals surface area contributed by atoms with Crippen molar-refractivity contribution in [2.24, 2.45) is 11.7 Å². The molecule has 1 unspecified atom stereocenters. The molecule has 8 nitrogen and oxygen atoms in total. The maximum Gasteiger partial charge on any atom is 0.255 e. The van der Waals surface area contributed by atoms with E-state index >= 15 is 0 Å². The van der Waals surface area contributed by atoms with Gasteiger partial charge in [-0.15, -0.1) is 0 Å². The third-order valence-electron chi connectivity index (χ3n) is 6.14. The number of nitrogens with one attached hydrogen (secondary N) is 1. The summed E-state index contributed by atoms with van der Waals surface area (Å²) in [5, 5.41) is 11.9. The Morgan fingerprint density at radius 2 is 2.04 bits per heavy atom. The number of aliphatic hydroxyl groups excluding tert-OH is 1. The smallest absolute Gasteiger partial charge is 0.255 e. The lowest BCUT2D eigenvalue weighted by Crippen LogP contribution is -2.52. The number of carbonyl (C=O) groups is 3. The van der Waals surface area contributed by atoms with Gasteiger partial charge in [-0.3, -0.25) is 24.6 Å². The van der Waals surface area contributed by atoms with Gasteiger partial charge in [0.15, 0.2) is 0 Å². The van der Waals surface area contributed by atoms with E-state index in [4.69, 9.17) is 5.73 Å². The lowest BCUT2D eigenvalue weighted by molar-refractivity contribution is -0.136. The molecule has 1 aromatic carbocycles. The molecule has 4 N–H and O–H groups in total. The molecule has 3 heterocycles. The number of fused-ring (bicyclic) bond motifs is 1. The van der Waals surface area contributed by atoms with Gasteiger partial charge in [-0.2, -0.15) is 0 Å². The fraction of sp³-hybridized carbons (Fsp3) is 0.550. The van der Waals surface area contributed by atoms with Crippen molar-refractivity contribution >= 4 is 17.7 Å². The van der Waals surface area contributed by atoms with Crippen LogP contribution in [-0.2, 0) is 22.7 Å². The number of imide groups is 1. The summed E-state index contributed by atoms with van der Waals surface area (Å²) in [6, 6.07) is 5.22. The number of rotatable bonds is 4. The monoisotopic (exact) mass is 386 g/mol. The Morgan fingerprint density at radius 3 is 2.79 bits per heavy atom. The molecule has 0 radical (unpaired) electrons. The van der Waals surface area contributed by atoms with Gasteiger partial charge in [-0.25, -0.2) is 0 Å². The van der Waals surface area contributed by atoms with Gasteiger partial charge in [0.1, 0.15) is 6.04 Å². The maximum absolute atomic E-state index is 13.1. The first-order valence-corrected chi connectivity index (χ1v) is 9.82. The first kappa shape index (κ1) is 19.0. The third kappa shape index (κ3) is 3.43. The van der Waals surface area contributed by atoms with Crippen molar-refractivity contribution in [2.75, 3.05) is 19.7 Å². The molecule has 1 aromatic rings. The van der Waals surface area contributed by atoms with Crippen LogP contribution in [0.25, 0.3) is 0 Å². The largest absolute Gasteiger partial charge is 0.396 e. The Hall–Kier alpha value is -2.29. The SMILES string of the molecule is N[C@@H]1CCN(Cc2cccc3c2C(=O)N(C2CCC(=O)NC2=O)C3)C[C@H]1CO. The minimum absolute atomic E-state index is 0.00684. The molecule has 3 amide bonds. The van der Waals surface area contributed by atoms with Crippen LogP contribution in [0.5, 0.6) is 0 Å². The number of nitrogens with zero attached hydrogens (tertiary/aromatic N) is 2.